The Morgan fingerprint density at radius 3 is 2.65 bits per heavy atom. The van der Waals surface area contributed by atoms with E-state index in [1.54, 1.807) is 12.3 Å². The molecule has 0 aliphatic carbocycles. The summed E-state index contributed by atoms with van der Waals surface area (Å²) < 4.78 is 30.7. The van der Waals surface area contributed by atoms with E-state index in [1.807, 2.05) is 37.8 Å². The fourth-order valence-electron chi connectivity index (χ4n) is 4.48. The Kier molecular flexibility index (Phi) is 6.47. The fraction of sp³-hybridized carbons (Fsp3) is 0.478. The molecule has 180 valence electrons. The predicted octanol–water partition coefficient (Wildman–Crippen LogP) is 0.827. The van der Waals surface area contributed by atoms with Gasteiger partial charge in [0.05, 0.1) is 29.3 Å². The van der Waals surface area contributed by atoms with E-state index in [-0.39, 0.29) is 34.9 Å². The third-order valence-corrected chi connectivity index (χ3v) is 7.77. The van der Waals surface area contributed by atoms with E-state index < -0.39 is 27.3 Å². The van der Waals surface area contributed by atoms with E-state index in [0.717, 1.165) is 5.56 Å². The summed E-state index contributed by atoms with van der Waals surface area (Å²) in [5.41, 5.74) is 0.734. The highest BCUT2D eigenvalue weighted by atomic mass is 32.2. The number of aryl methyl sites for hydroxylation is 1. The van der Waals surface area contributed by atoms with Crippen LogP contribution in [0.2, 0.25) is 0 Å². The lowest BCUT2D eigenvalue weighted by molar-refractivity contribution is -0.117. The highest BCUT2D eigenvalue weighted by Gasteiger charge is 2.30. The molecule has 2 aliphatic rings. The van der Waals surface area contributed by atoms with E-state index >= 15 is 0 Å². The molecule has 2 saturated heterocycles. The van der Waals surface area contributed by atoms with Crippen LogP contribution in [-0.4, -0.2) is 66.6 Å². The van der Waals surface area contributed by atoms with Crippen LogP contribution in [-0.2, 0) is 19.4 Å². The van der Waals surface area contributed by atoms with Gasteiger partial charge in [0.15, 0.2) is 9.84 Å². The number of nitriles is 1. The second-order valence-corrected chi connectivity index (χ2v) is 11.2. The van der Waals surface area contributed by atoms with Crippen LogP contribution in [0.3, 0.4) is 0 Å². The number of hydrogen-bond donors (Lipinski definition) is 1. The van der Waals surface area contributed by atoms with Crippen LogP contribution in [0.4, 0.5) is 5.82 Å². The maximum absolute atomic E-state index is 13.5. The Balaban J connectivity index is 1.80. The Bertz CT molecular complexity index is 1360. The average molecular weight is 486 g/mol. The number of nitrogens with zero attached hydrogens (tertiary/aromatic N) is 4. The first-order chi connectivity index (χ1) is 16.1. The number of carbonyl (C=O) groups is 1. The first-order valence-electron chi connectivity index (χ1n) is 11.1. The summed E-state index contributed by atoms with van der Waals surface area (Å²) in [4.78, 5) is 33.0. The van der Waals surface area contributed by atoms with Crippen molar-refractivity contribution < 1.29 is 17.9 Å². The Labute approximate surface area is 197 Å². The lowest BCUT2D eigenvalue weighted by Gasteiger charge is -2.36. The number of nitrogens with one attached hydrogen (secondary N) is 1. The Hall–Kier alpha value is -3.23. The van der Waals surface area contributed by atoms with Gasteiger partial charge in [-0.1, -0.05) is 6.07 Å². The number of fused-ring (bicyclic) bond motifs is 1. The van der Waals surface area contributed by atoms with E-state index in [0.29, 0.717) is 31.0 Å². The second kappa shape index (κ2) is 9.19. The summed E-state index contributed by atoms with van der Waals surface area (Å²) in [5.74, 6) is -0.499. The first-order valence-corrected chi connectivity index (χ1v) is 13.0. The van der Waals surface area contributed by atoms with Gasteiger partial charge < -0.3 is 15.0 Å². The largest absolute Gasteiger partial charge is 0.372 e. The quantitative estimate of drug-likeness (QED) is 0.497. The molecule has 0 unspecified atom stereocenters. The molecule has 10 nitrogen and oxygen atoms in total. The van der Waals surface area contributed by atoms with E-state index in [1.165, 1.54) is 10.5 Å². The number of amides is 1. The summed E-state index contributed by atoms with van der Waals surface area (Å²) in [6.45, 7) is 6.71. The molecule has 2 fully saturated rings. The topological polar surface area (TPSA) is 134 Å². The second-order valence-electron chi connectivity index (χ2n) is 8.94. The minimum atomic E-state index is -3.20. The van der Waals surface area contributed by atoms with Gasteiger partial charge >= 0.3 is 0 Å². The van der Waals surface area contributed by atoms with Crippen LogP contribution < -0.4 is 15.8 Å². The minimum absolute atomic E-state index is 0.00358. The minimum Gasteiger partial charge on any atom is -0.372 e. The highest BCUT2D eigenvalue weighted by molar-refractivity contribution is 7.91. The van der Waals surface area contributed by atoms with Crippen molar-refractivity contribution in [1.29, 1.82) is 5.26 Å². The van der Waals surface area contributed by atoms with Crippen molar-refractivity contribution in [3.63, 3.8) is 0 Å². The summed E-state index contributed by atoms with van der Waals surface area (Å²) in [6, 6.07) is 4.89. The van der Waals surface area contributed by atoms with Crippen molar-refractivity contribution >= 4 is 33.3 Å². The van der Waals surface area contributed by atoms with Crippen LogP contribution in [0.5, 0.6) is 0 Å². The number of carbonyl (C=O) groups excluding carboxylic acids is 1. The molecule has 2 aromatic heterocycles. The fourth-order valence-corrected chi connectivity index (χ4v) is 6.16. The molecule has 3 atom stereocenters. The van der Waals surface area contributed by atoms with Gasteiger partial charge in [-0.15, -0.1) is 0 Å². The monoisotopic (exact) mass is 485 g/mol. The van der Waals surface area contributed by atoms with Crippen LogP contribution in [0, 0.1) is 18.3 Å². The molecule has 0 aromatic carbocycles. The molecule has 34 heavy (non-hydrogen) atoms. The maximum Gasteiger partial charge on any atom is 0.267 e. The zero-order chi connectivity index (χ0) is 24.6. The van der Waals surface area contributed by atoms with Crippen molar-refractivity contribution in [1.82, 2.24) is 14.7 Å². The summed E-state index contributed by atoms with van der Waals surface area (Å²) in [7, 11) is -3.20. The molecule has 0 saturated carbocycles. The normalized spacial score (nSPS) is 24.7. The van der Waals surface area contributed by atoms with Gasteiger partial charge in [0.2, 0.25) is 0 Å². The summed E-state index contributed by atoms with van der Waals surface area (Å²) in [6.07, 6.45) is 2.95. The van der Waals surface area contributed by atoms with Gasteiger partial charge in [0, 0.05) is 25.3 Å². The number of hydrogen-bond acceptors (Lipinski definition) is 8. The zero-order valence-corrected chi connectivity index (χ0v) is 20.1. The van der Waals surface area contributed by atoms with Crippen molar-refractivity contribution in [2.24, 2.45) is 0 Å². The number of sulfone groups is 1. The van der Waals surface area contributed by atoms with E-state index in [4.69, 9.17) is 9.72 Å². The Morgan fingerprint density at radius 2 is 2.03 bits per heavy atom. The average Bonchev–Trinajstić information content (AvgIpc) is 3.10. The molecule has 2 aliphatic heterocycles. The lowest BCUT2D eigenvalue weighted by atomic mass is 10.1. The van der Waals surface area contributed by atoms with Crippen molar-refractivity contribution in [3.05, 3.63) is 45.4 Å². The maximum atomic E-state index is 13.5. The van der Waals surface area contributed by atoms with Gasteiger partial charge in [-0.05, 0) is 44.9 Å². The number of aromatic nitrogens is 2. The lowest BCUT2D eigenvalue weighted by Crippen LogP contribution is -2.46. The number of rotatable bonds is 4. The number of morpholine rings is 1. The van der Waals surface area contributed by atoms with Gasteiger partial charge in [-0.25, -0.2) is 13.4 Å². The molecule has 1 N–H and O–H groups in total. The number of pyridine rings is 1. The van der Waals surface area contributed by atoms with E-state index in [9.17, 15) is 23.3 Å². The molecule has 2 aromatic rings. The van der Waals surface area contributed by atoms with E-state index in [2.05, 4.69) is 5.32 Å². The molecule has 0 spiro atoms. The number of anilines is 1. The molecule has 4 rings (SSSR count). The molecular weight excluding hydrogens is 458 g/mol. The van der Waals surface area contributed by atoms with Gasteiger partial charge in [-0.3, -0.25) is 14.0 Å². The predicted molar refractivity (Wildman–Crippen MR) is 127 cm³/mol. The standard InChI is InChI=1S/C23H27N5O5S/c1-14-5-4-7-28-20(14)26-21(27-11-15(2)33-16(3)12-27)19(23(28)30)9-17(10-24)22(29)25-18-6-8-34(31,32)13-18/h4-5,7,9,15-16,18H,6,8,11-13H2,1-3H3,(H,25,29)/b17-9+/t15-,16-,18-/m1/s1. The smallest absolute Gasteiger partial charge is 0.267 e. The van der Waals surface area contributed by atoms with Crippen LogP contribution in [0.15, 0.2) is 28.7 Å². The zero-order valence-electron chi connectivity index (χ0n) is 19.3. The molecule has 11 heteroatoms. The van der Waals surface area contributed by atoms with Crippen molar-refractivity contribution in [3.8, 4) is 6.07 Å². The first kappa shape index (κ1) is 23.9. The van der Waals surface area contributed by atoms with Crippen LogP contribution >= 0.6 is 0 Å². The molecule has 4 heterocycles. The van der Waals surface area contributed by atoms with Crippen molar-refractivity contribution in [2.45, 2.75) is 45.4 Å². The molecular formula is C23H27N5O5S. The Morgan fingerprint density at radius 1 is 1.32 bits per heavy atom. The van der Waals surface area contributed by atoms with Gasteiger partial charge in [0.25, 0.3) is 11.5 Å². The van der Waals surface area contributed by atoms with Crippen molar-refractivity contribution in [2.75, 3.05) is 29.5 Å². The van der Waals surface area contributed by atoms with Crippen LogP contribution in [0.1, 0.15) is 31.4 Å². The highest BCUT2D eigenvalue weighted by Crippen LogP contribution is 2.24. The van der Waals surface area contributed by atoms with Gasteiger partial charge in [-0.2, -0.15) is 5.26 Å². The SMILES string of the molecule is Cc1cccn2c(=O)c(/C=C(\C#N)C(=O)N[C@@H]3CCS(=O)(=O)C3)c(N3C[C@@H](C)O[C@H](C)C3)nc12. The molecule has 0 radical (unpaired) electrons. The number of ether oxygens (including phenoxy) is 1. The van der Waals surface area contributed by atoms with Crippen LogP contribution in [0.25, 0.3) is 11.7 Å². The molecule has 1 amide bonds. The third kappa shape index (κ3) is 4.83. The summed E-state index contributed by atoms with van der Waals surface area (Å²) >= 11 is 0. The van der Waals surface area contributed by atoms with Gasteiger partial charge in [0.1, 0.15) is 23.1 Å². The third-order valence-electron chi connectivity index (χ3n) is 6.00. The summed E-state index contributed by atoms with van der Waals surface area (Å²) in [5, 5.41) is 12.3. The molecule has 0 bridgehead atoms.